The summed E-state index contributed by atoms with van der Waals surface area (Å²) < 4.78 is 107. The molecule has 5 aromatic rings. The summed E-state index contributed by atoms with van der Waals surface area (Å²) >= 11 is 13.3. The van der Waals surface area contributed by atoms with Crippen molar-refractivity contribution in [2.45, 2.75) is 40.6 Å². The molecule has 63 heavy (non-hydrogen) atoms. The third-order valence-corrected chi connectivity index (χ3v) is 12.3. The first-order chi connectivity index (χ1) is 29.7. The Morgan fingerprint density at radius 1 is 0.794 bits per heavy atom. The number of primary sulfonamides is 2. The van der Waals surface area contributed by atoms with E-state index in [2.05, 4.69) is 26.7 Å². The third-order valence-electron chi connectivity index (χ3n) is 9.71. The van der Waals surface area contributed by atoms with E-state index in [9.17, 15) is 44.9 Å². The summed E-state index contributed by atoms with van der Waals surface area (Å²) in [7, 11) is -9.15. The van der Waals surface area contributed by atoms with Gasteiger partial charge in [0.2, 0.25) is 37.7 Å². The fraction of sp³-hybridized carbons (Fsp3) is 0.225. The molecule has 23 heteroatoms. The largest absolute Gasteiger partial charge is 0.490 e. The average molecular weight is 949 g/mol. The van der Waals surface area contributed by atoms with Crippen molar-refractivity contribution in [2.24, 2.45) is 15.7 Å². The molecule has 16 nitrogen and oxygen atoms in total. The lowest BCUT2D eigenvalue weighted by molar-refractivity contribution is -0.145. The highest BCUT2D eigenvalue weighted by molar-refractivity contribution is 7.89. The van der Waals surface area contributed by atoms with Gasteiger partial charge in [0.1, 0.15) is 27.9 Å². The smallest absolute Gasteiger partial charge is 0.451 e. The first kappa shape index (κ1) is 46.6. The molecule has 0 spiro atoms. The van der Waals surface area contributed by atoms with Crippen LogP contribution in [0.3, 0.4) is 0 Å². The minimum atomic E-state index is -4.86. The van der Waals surface area contributed by atoms with Crippen molar-refractivity contribution in [1.29, 1.82) is 5.26 Å². The maximum Gasteiger partial charge on any atom is 0.451 e. The Balaban J connectivity index is 1.36. The molecule has 0 radical (unpaired) electrons. The molecule has 2 heterocycles. The number of nitrogens with two attached hydrogens (primary N) is 2. The maximum absolute atomic E-state index is 14.6. The Bertz CT molecular complexity index is 2810. The first-order valence-electron chi connectivity index (χ1n) is 18.3. The van der Waals surface area contributed by atoms with E-state index in [1.54, 1.807) is 24.3 Å². The number of nitrogens with one attached hydrogen (secondary N) is 2. The second-order valence-electron chi connectivity index (χ2n) is 14.0. The number of nitrogens with zero attached hydrogens (tertiary/aromatic N) is 3. The predicted octanol–water partition coefficient (Wildman–Crippen LogP) is 6.73. The number of hydrogen-bond acceptors (Lipinski definition) is 12. The van der Waals surface area contributed by atoms with Crippen LogP contribution in [0.1, 0.15) is 41.6 Å². The molecular weight excluding hydrogens is 915 g/mol. The SMILES string of the molecule is N#CC1(COc2ccc(NC(=O)C(c3ccccc3Cl)C(C(=O)Nc3ccc(Oc4cnc(C(F)(F)F)nc4)c(S(N)(=O)=O)c3)c3ccccc3Cl)cc2S(N)(=O)=O)CCOCC1. The number of aromatic nitrogens is 2. The van der Waals surface area contributed by atoms with Gasteiger partial charge in [0.05, 0.1) is 35.7 Å². The Kier molecular flexibility index (Phi) is 14.0. The average Bonchev–Trinajstić information content (AvgIpc) is 3.23. The quantitative estimate of drug-likeness (QED) is 0.0904. The van der Waals surface area contributed by atoms with Crippen LogP contribution in [0.15, 0.2) is 107 Å². The molecule has 2 atom stereocenters. The zero-order valence-electron chi connectivity index (χ0n) is 32.3. The van der Waals surface area contributed by atoms with Gasteiger partial charge >= 0.3 is 6.18 Å². The molecule has 6 rings (SSSR count). The van der Waals surface area contributed by atoms with Crippen molar-refractivity contribution >= 4 is 66.4 Å². The van der Waals surface area contributed by atoms with E-state index in [1.807, 2.05) is 0 Å². The number of carbonyl (C=O) groups excluding carboxylic acids is 2. The van der Waals surface area contributed by atoms with Crippen LogP contribution in [-0.2, 0) is 40.5 Å². The van der Waals surface area contributed by atoms with Gasteiger partial charge < -0.3 is 24.8 Å². The van der Waals surface area contributed by atoms with Gasteiger partial charge in [-0.3, -0.25) is 9.59 Å². The summed E-state index contributed by atoms with van der Waals surface area (Å²) in [4.78, 5) is 34.4. The molecule has 1 aromatic heterocycles. The van der Waals surface area contributed by atoms with Gasteiger partial charge in [-0.1, -0.05) is 59.6 Å². The summed E-state index contributed by atoms with van der Waals surface area (Å²) in [6.45, 7) is 0.450. The molecule has 6 N–H and O–H groups in total. The van der Waals surface area contributed by atoms with E-state index in [0.29, 0.717) is 38.4 Å². The van der Waals surface area contributed by atoms with Crippen LogP contribution in [0, 0.1) is 16.7 Å². The number of nitriles is 1. The van der Waals surface area contributed by atoms with E-state index >= 15 is 0 Å². The summed E-state index contributed by atoms with van der Waals surface area (Å²) in [6, 6.07) is 21.2. The van der Waals surface area contributed by atoms with E-state index < -0.39 is 76.7 Å². The fourth-order valence-electron chi connectivity index (χ4n) is 6.57. The van der Waals surface area contributed by atoms with Crippen LogP contribution >= 0.6 is 23.2 Å². The maximum atomic E-state index is 14.6. The number of rotatable bonds is 14. The minimum absolute atomic E-state index is 0.0351. The van der Waals surface area contributed by atoms with Gasteiger partial charge in [-0.25, -0.2) is 37.1 Å². The highest BCUT2D eigenvalue weighted by Crippen LogP contribution is 2.42. The van der Waals surface area contributed by atoms with Crippen molar-refractivity contribution in [3.63, 3.8) is 0 Å². The lowest BCUT2D eigenvalue weighted by atomic mass is 9.79. The summed E-state index contributed by atoms with van der Waals surface area (Å²) in [6.07, 6.45) is -2.82. The van der Waals surface area contributed by atoms with Gasteiger partial charge in [0.25, 0.3) is 0 Å². The van der Waals surface area contributed by atoms with Crippen LogP contribution in [0.5, 0.6) is 17.2 Å². The van der Waals surface area contributed by atoms with Crippen molar-refractivity contribution < 1.29 is 53.8 Å². The van der Waals surface area contributed by atoms with Crippen molar-refractivity contribution in [3.8, 4) is 23.3 Å². The van der Waals surface area contributed by atoms with E-state index in [-0.39, 0.29) is 50.7 Å². The van der Waals surface area contributed by atoms with Gasteiger partial charge in [-0.05, 0) is 72.5 Å². The number of ether oxygens (including phenoxy) is 3. The summed E-state index contributed by atoms with van der Waals surface area (Å²) in [5.74, 6) is -7.41. The number of carbonyl (C=O) groups is 2. The van der Waals surface area contributed by atoms with Crippen molar-refractivity contribution in [2.75, 3.05) is 30.5 Å². The first-order valence-corrected chi connectivity index (χ1v) is 22.2. The van der Waals surface area contributed by atoms with Gasteiger partial charge in [-0.2, -0.15) is 18.4 Å². The molecule has 0 saturated carbocycles. The van der Waals surface area contributed by atoms with E-state index in [4.69, 9.17) is 47.7 Å². The second-order valence-corrected chi connectivity index (χ2v) is 17.9. The molecule has 0 aliphatic carbocycles. The normalized spacial score (nSPS) is 15.0. The number of alkyl halides is 3. The predicted molar refractivity (Wildman–Crippen MR) is 222 cm³/mol. The topological polar surface area (TPSA) is 256 Å². The van der Waals surface area contributed by atoms with Crippen LogP contribution < -0.4 is 30.4 Å². The zero-order chi connectivity index (χ0) is 45.7. The van der Waals surface area contributed by atoms with Crippen LogP contribution in [0.2, 0.25) is 10.0 Å². The number of halogens is 5. The third kappa shape index (κ3) is 11.2. The highest BCUT2D eigenvalue weighted by Gasteiger charge is 2.40. The number of benzene rings is 4. The molecule has 4 aromatic carbocycles. The van der Waals surface area contributed by atoms with Gasteiger partial charge in [-0.15, -0.1) is 0 Å². The summed E-state index contributed by atoms with van der Waals surface area (Å²) in [5, 5.41) is 26.2. The minimum Gasteiger partial charge on any atom is -0.490 e. The van der Waals surface area contributed by atoms with Crippen LogP contribution in [0.25, 0.3) is 0 Å². The Labute approximate surface area is 368 Å². The molecule has 1 aliphatic rings. The molecule has 1 saturated heterocycles. The van der Waals surface area contributed by atoms with Gasteiger partial charge in [0, 0.05) is 34.6 Å². The van der Waals surface area contributed by atoms with Crippen molar-refractivity contribution in [1.82, 2.24) is 9.97 Å². The molecule has 1 aliphatic heterocycles. The summed E-state index contributed by atoms with van der Waals surface area (Å²) in [5.41, 5.74) is -1.01. The Morgan fingerprint density at radius 2 is 1.25 bits per heavy atom. The lowest BCUT2D eigenvalue weighted by Crippen LogP contribution is -2.34. The van der Waals surface area contributed by atoms with Crippen molar-refractivity contribution in [3.05, 3.63) is 124 Å². The van der Waals surface area contributed by atoms with E-state index in [1.165, 1.54) is 42.5 Å². The zero-order valence-corrected chi connectivity index (χ0v) is 35.4. The molecule has 1 fully saturated rings. The molecular formula is C40H34Cl2F3N7O9S2. The lowest BCUT2D eigenvalue weighted by Gasteiger charge is -2.30. The highest BCUT2D eigenvalue weighted by atomic mass is 35.5. The second kappa shape index (κ2) is 18.9. The number of hydrogen-bond donors (Lipinski definition) is 4. The van der Waals surface area contributed by atoms with Crippen LogP contribution in [-0.4, -0.2) is 58.4 Å². The van der Waals surface area contributed by atoms with E-state index in [0.717, 1.165) is 18.2 Å². The standard InChI is InChI=1S/C40H34Cl2F3N7O9S2/c41-28-7-3-1-5-26(28)34(36(53)51-23-9-11-30(32(17-23)62(47,55)56)60-22-39(21-46)13-15-59-16-14-39)35(27-6-2-4-8-29(27)42)37(54)52-24-10-12-31(33(18-24)63(48,57)58)61-25-19-49-38(50-20-25)40(43,44)45/h1-12,17-20,34-35H,13-16,22H2,(H,51,53)(H,52,54)(H2,47,55,56)(H2,48,57,58). The molecule has 0 bridgehead atoms. The number of amides is 2. The molecule has 330 valence electrons. The molecule has 2 unspecified atom stereocenters. The number of anilines is 2. The van der Waals surface area contributed by atoms with Crippen LogP contribution in [0.4, 0.5) is 24.5 Å². The number of sulfonamides is 2. The van der Waals surface area contributed by atoms with Gasteiger partial charge in [0.15, 0.2) is 5.75 Å². The molecule has 2 amide bonds. The monoisotopic (exact) mass is 947 g/mol. The fourth-order valence-corrected chi connectivity index (χ4v) is 8.45. The Morgan fingerprint density at radius 3 is 1.70 bits per heavy atom. The Hall–Kier alpha value is -5.86.